The summed E-state index contributed by atoms with van der Waals surface area (Å²) in [4.78, 5) is 13.5. The van der Waals surface area contributed by atoms with Crippen molar-refractivity contribution in [2.45, 2.75) is 13.0 Å². The first kappa shape index (κ1) is 9.86. The van der Waals surface area contributed by atoms with Crippen LogP contribution in [-0.2, 0) is 4.79 Å². The van der Waals surface area contributed by atoms with Crippen LogP contribution >= 0.6 is 11.8 Å². The highest BCUT2D eigenvalue weighted by molar-refractivity contribution is 7.99. The van der Waals surface area contributed by atoms with Crippen LogP contribution in [0.25, 0.3) is 0 Å². The van der Waals surface area contributed by atoms with E-state index in [2.05, 4.69) is 10.2 Å². The number of carbonyl (C=O) groups is 1. The average molecular weight is 188 g/mol. The largest absolute Gasteiger partial charge is 0.358 e. The third-order valence-electron chi connectivity index (χ3n) is 2.22. The lowest BCUT2D eigenvalue weighted by Gasteiger charge is -2.30. The smallest absolute Gasteiger partial charge is 0.236 e. The van der Waals surface area contributed by atoms with E-state index in [1.54, 1.807) is 7.05 Å². The Balaban J connectivity index is 2.39. The van der Waals surface area contributed by atoms with Gasteiger partial charge in [0, 0.05) is 31.6 Å². The molecule has 0 aromatic heterocycles. The van der Waals surface area contributed by atoms with Gasteiger partial charge in [0.15, 0.2) is 0 Å². The molecule has 1 rings (SSSR count). The molecule has 70 valence electrons. The molecule has 1 aliphatic heterocycles. The van der Waals surface area contributed by atoms with Gasteiger partial charge >= 0.3 is 0 Å². The Morgan fingerprint density at radius 2 is 2.08 bits per heavy atom. The molecule has 0 saturated carbocycles. The summed E-state index contributed by atoms with van der Waals surface area (Å²) in [6, 6.07) is 0.0379. The standard InChI is InChI=1S/C8H16N2OS/c1-7(8(11)9-2)10-3-5-12-6-4-10/h7H,3-6H2,1-2H3,(H,9,11). The molecule has 0 aromatic rings. The zero-order valence-electron chi connectivity index (χ0n) is 7.67. The van der Waals surface area contributed by atoms with Gasteiger partial charge in [-0.2, -0.15) is 11.8 Å². The summed E-state index contributed by atoms with van der Waals surface area (Å²) in [6.07, 6.45) is 0. The van der Waals surface area contributed by atoms with Crippen LogP contribution in [0.2, 0.25) is 0 Å². The van der Waals surface area contributed by atoms with Gasteiger partial charge in [-0.1, -0.05) is 0 Å². The number of thioether (sulfide) groups is 1. The summed E-state index contributed by atoms with van der Waals surface area (Å²) < 4.78 is 0. The zero-order chi connectivity index (χ0) is 8.97. The van der Waals surface area contributed by atoms with E-state index in [-0.39, 0.29) is 11.9 Å². The molecule has 0 radical (unpaired) electrons. The minimum Gasteiger partial charge on any atom is -0.358 e. The first-order valence-corrected chi connectivity index (χ1v) is 5.44. The highest BCUT2D eigenvalue weighted by atomic mass is 32.2. The number of likely N-dealkylation sites (N-methyl/N-ethyl adjacent to an activating group) is 1. The monoisotopic (exact) mass is 188 g/mol. The highest BCUT2D eigenvalue weighted by Gasteiger charge is 2.21. The Labute approximate surface area is 77.9 Å². The topological polar surface area (TPSA) is 32.3 Å². The van der Waals surface area contributed by atoms with Crippen LogP contribution in [0.15, 0.2) is 0 Å². The summed E-state index contributed by atoms with van der Waals surface area (Å²) in [5.74, 6) is 2.43. The summed E-state index contributed by atoms with van der Waals surface area (Å²) in [5.41, 5.74) is 0. The van der Waals surface area contributed by atoms with Gasteiger partial charge in [-0.05, 0) is 6.92 Å². The Hall–Kier alpha value is -0.220. The van der Waals surface area contributed by atoms with Crippen LogP contribution in [0.4, 0.5) is 0 Å². The molecule has 12 heavy (non-hydrogen) atoms. The number of amides is 1. The molecule has 0 bridgehead atoms. The van der Waals surface area contributed by atoms with Crippen LogP contribution in [0.3, 0.4) is 0 Å². The third-order valence-corrected chi connectivity index (χ3v) is 3.16. The van der Waals surface area contributed by atoms with Crippen molar-refractivity contribution in [3.05, 3.63) is 0 Å². The maximum atomic E-state index is 11.3. The van der Waals surface area contributed by atoms with Gasteiger partial charge < -0.3 is 5.32 Å². The Morgan fingerprint density at radius 3 is 2.58 bits per heavy atom. The lowest BCUT2D eigenvalue weighted by Crippen LogP contribution is -2.47. The molecular weight excluding hydrogens is 172 g/mol. The van der Waals surface area contributed by atoms with Gasteiger partial charge in [0.25, 0.3) is 0 Å². The summed E-state index contributed by atoms with van der Waals surface area (Å²) in [5, 5.41) is 2.67. The molecule has 1 unspecified atom stereocenters. The van der Waals surface area contributed by atoms with E-state index >= 15 is 0 Å². The van der Waals surface area contributed by atoms with E-state index in [4.69, 9.17) is 0 Å². The van der Waals surface area contributed by atoms with Crippen LogP contribution in [0.1, 0.15) is 6.92 Å². The minimum atomic E-state index is 0.0379. The van der Waals surface area contributed by atoms with Gasteiger partial charge in [0.1, 0.15) is 0 Å². The molecule has 0 aliphatic carbocycles. The van der Waals surface area contributed by atoms with Crippen LogP contribution in [-0.4, -0.2) is 48.5 Å². The molecular formula is C8H16N2OS. The predicted molar refractivity (Wildman–Crippen MR) is 52.4 cm³/mol. The van der Waals surface area contributed by atoms with Gasteiger partial charge in [0.05, 0.1) is 6.04 Å². The van der Waals surface area contributed by atoms with E-state index in [9.17, 15) is 4.79 Å². The quantitative estimate of drug-likeness (QED) is 0.670. The second kappa shape index (κ2) is 4.72. The molecule has 1 heterocycles. The Morgan fingerprint density at radius 1 is 1.50 bits per heavy atom. The molecule has 1 saturated heterocycles. The van der Waals surface area contributed by atoms with Crippen molar-refractivity contribution in [2.24, 2.45) is 0 Å². The fourth-order valence-electron chi connectivity index (χ4n) is 1.34. The minimum absolute atomic E-state index is 0.0379. The first-order valence-electron chi connectivity index (χ1n) is 4.29. The SMILES string of the molecule is CNC(=O)C(C)N1CCSCC1. The number of carbonyl (C=O) groups excluding carboxylic acids is 1. The van der Waals surface area contributed by atoms with Crippen molar-refractivity contribution in [3.8, 4) is 0 Å². The lowest BCUT2D eigenvalue weighted by atomic mass is 10.2. The third kappa shape index (κ3) is 2.38. The first-order chi connectivity index (χ1) is 5.75. The van der Waals surface area contributed by atoms with Crippen molar-refractivity contribution in [3.63, 3.8) is 0 Å². The molecule has 0 aromatic carbocycles. The number of nitrogens with zero attached hydrogens (tertiary/aromatic N) is 1. The van der Waals surface area contributed by atoms with Crippen molar-refractivity contribution >= 4 is 17.7 Å². The molecule has 1 aliphatic rings. The van der Waals surface area contributed by atoms with Crippen LogP contribution < -0.4 is 5.32 Å². The second-order valence-electron chi connectivity index (χ2n) is 2.94. The number of hydrogen-bond donors (Lipinski definition) is 1. The maximum Gasteiger partial charge on any atom is 0.236 e. The highest BCUT2D eigenvalue weighted by Crippen LogP contribution is 2.11. The summed E-state index contributed by atoms with van der Waals surface area (Å²) in [7, 11) is 1.69. The summed E-state index contributed by atoms with van der Waals surface area (Å²) >= 11 is 1.96. The molecule has 1 fully saturated rings. The fraction of sp³-hybridized carbons (Fsp3) is 0.875. The van der Waals surface area contributed by atoms with E-state index in [0.717, 1.165) is 24.6 Å². The number of rotatable bonds is 2. The average Bonchev–Trinajstić information content (AvgIpc) is 2.17. The normalized spacial score (nSPS) is 21.8. The van der Waals surface area contributed by atoms with Crippen molar-refractivity contribution in [1.29, 1.82) is 0 Å². The fourth-order valence-corrected chi connectivity index (χ4v) is 2.27. The van der Waals surface area contributed by atoms with Crippen molar-refractivity contribution in [2.75, 3.05) is 31.6 Å². The Kier molecular flexibility index (Phi) is 3.88. The summed E-state index contributed by atoms with van der Waals surface area (Å²) in [6.45, 7) is 4.05. The van der Waals surface area contributed by atoms with Crippen molar-refractivity contribution < 1.29 is 4.79 Å². The van der Waals surface area contributed by atoms with Crippen LogP contribution in [0.5, 0.6) is 0 Å². The Bertz CT molecular complexity index is 157. The van der Waals surface area contributed by atoms with E-state index < -0.39 is 0 Å². The number of nitrogens with one attached hydrogen (secondary N) is 1. The van der Waals surface area contributed by atoms with Gasteiger partial charge in [-0.3, -0.25) is 9.69 Å². The van der Waals surface area contributed by atoms with E-state index in [0.29, 0.717) is 0 Å². The lowest BCUT2D eigenvalue weighted by molar-refractivity contribution is -0.125. The molecule has 4 heteroatoms. The maximum absolute atomic E-state index is 11.3. The zero-order valence-corrected chi connectivity index (χ0v) is 8.49. The molecule has 1 amide bonds. The van der Waals surface area contributed by atoms with Crippen LogP contribution in [0, 0.1) is 0 Å². The van der Waals surface area contributed by atoms with Gasteiger partial charge in [0.2, 0.25) is 5.91 Å². The predicted octanol–water partition coefficient (Wildman–Crippen LogP) is 0.170. The number of hydrogen-bond acceptors (Lipinski definition) is 3. The second-order valence-corrected chi connectivity index (χ2v) is 4.16. The molecule has 0 spiro atoms. The van der Waals surface area contributed by atoms with Crippen molar-refractivity contribution in [1.82, 2.24) is 10.2 Å². The van der Waals surface area contributed by atoms with Gasteiger partial charge in [-0.25, -0.2) is 0 Å². The molecule has 1 atom stereocenters. The van der Waals surface area contributed by atoms with E-state index in [1.807, 2.05) is 18.7 Å². The van der Waals surface area contributed by atoms with Gasteiger partial charge in [-0.15, -0.1) is 0 Å². The molecule has 1 N–H and O–H groups in total. The molecule has 3 nitrogen and oxygen atoms in total. The van der Waals surface area contributed by atoms with E-state index in [1.165, 1.54) is 0 Å².